The van der Waals surface area contributed by atoms with E-state index >= 15 is 0 Å². The van der Waals surface area contributed by atoms with Gasteiger partial charge in [-0.2, -0.15) is 0 Å². The standard InChI is InChI=1S/C19H15ClN2O2S/c1-2-11-24-16-9-3-13(4-10-16)12-17-18(23)22(19(25)21-17)15-7-5-14(20)6-8-15/h2-10,12H,1,11H2,(H,21,25). The van der Waals surface area contributed by atoms with Gasteiger partial charge in [-0.05, 0) is 60.3 Å². The molecule has 1 saturated heterocycles. The van der Waals surface area contributed by atoms with Gasteiger partial charge in [0.1, 0.15) is 18.1 Å². The molecule has 126 valence electrons. The molecule has 0 bridgehead atoms. The molecule has 1 heterocycles. The van der Waals surface area contributed by atoms with E-state index in [9.17, 15) is 4.79 Å². The second kappa shape index (κ2) is 7.51. The molecule has 4 nitrogen and oxygen atoms in total. The lowest BCUT2D eigenvalue weighted by Crippen LogP contribution is -2.30. The third-order valence-corrected chi connectivity index (χ3v) is 4.06. The van der Waals surface area contributed by atoms with Gasteiger partial charge in [0.15, 0.2) is 5.11 Å². The van der Waals surface area contributed by atoms with E-state index in [1.807, 2.05) is 24.3 Å². The van der Waals surface area contributed by atoms with Crippen LogP contribution in [-0.4, -0.2) is 17.6 Å². The van der Waals surface area contributed by atoms with Crippen LogP contribution in [0.5, 0.6) is 5.75 Å². The Bertz CT molecular complexity index is 845. The Morgan fingerprint density at radius 3 is 2.48 bits per heavy atom. The number of anilines is 1. The van der Waals surface area contributed by atoms with Gasteiger partial charge in [-0.3, -0.25) is 9.69 Å². The molecule has 0 aromatic heterocycles. The fraction of sp³-hybridized carbons (Fsp3) is 0.0526. The maximum absolute atomic E-state index is 12.7. The average Bonchev–Trinajstić information content (AvgIpc) is 2.89. The largest absolute Gasteiger partial charge is 0.490 e. The number of thiocarbonyl (C=S) groups is 1. The SMILES string of the molecule is C=CCOc1ccc(C=C2NC(=S)N(c3ccc(Cl)cc3)C2=O)cc1. The van der Waals surface area contributed by atoms with Crippen LogP contribution in [0.15, 0.2) is 66.9 Å². The second-order valence-corrected chi connectivity index (χ2v) is 6.10. The lowest BCUT2D eigenvalue weighted by atomic mass is 10.2. The molecule has 25 heavy (non-hydrogen) atoms. The van der Waals surface area contributed by atoms with Crippen LogP contribution in [-0.2, 0) is 4.79 Å². The zero-order chi connectivity index (χ0) is 17.8. The highest BCUT2D eigenvalue weighted by Gasteiger charge is 2.31. The second-order valence-electron chi connectivity index (χ2n) is 5.27. The number of rotatable bonds is 5. The van der Waals surface area contributed by atoms with Crippen LogP contribution in [0.1, 0.15) is 5.56 Å². The topological polar surface area (TPSA) is 41.6 Å². The van der Waals surface area contributed by atoms with Crippen molar-refractivity contribution < 1.29 is 9.53 Å². The summed E-state index contributed by atoms with van der Waals surface area (Å²) in [6, 6.07) is 14.4. The molecule has 1 aliphatic rings. The summed E-state index contributed by atoms with van der Waals surface area (Å²) in [7, 11) is 0. The molecule has 0 aliphatic carbocycles. The van der Waals surface area contributed by atoms with Crippen LogP contribution >= 0.6 is 23.8 Å². The van der Waals surface area contributed by atoms with Gasteiger partial charge in [-0.1, -0.05) is 36.4 Å². The number of halogens is 1. The summed E-state index contributed by atoms with van der Waals surface area (Å²) >= 11 is 11.2. The molecule has 1 fully saturated rings. The average molecular weight is 371 g/mol. The Morgan fingerprint density at radius 1 is 1.16 bits per heavy atom. The molecule has 1 amide bonds. The molecule has 0 saturated carbocycles. The predicted molar refractivity (Wildman–Crippen MR) is 105 cm³/mol. The van der Waals surface area contributed by atoms with Crippen molar-refractivity contribution in [3.05, 3.63) is 77.5 Å². The Kier molecular flexibility index (Phi) is 5.16. The summed E-state index contributed by atoms with van der Waals surface area (Å²) in [5.74, 6) is 0.533. The van der Waals surface area contributed by atoms with E-state index in [4.69, 9.17) is 28.6 Å². The Balaban J connectivity index is 1.80. The summed E-state index contributed by atoms with van der Waals surface area (Å²) < 4.78 is 5.44. The Hall–Kier alpha value is -2.63. The smallest absolute Gasteiger partial charge is 0.281 e. The summed E-state index contributed by atoms with van der Waals surface area (Å²) in [5.41, 5.74) is 1.95. The summed E-state index contributed by atoms with van der Waals surface area (Å²) in [4.78, 5) is 14.1. The number of nitrogens with zero attached hydrogens (tertiary/aromatic N) is 1. The third-order valence-electron chi connectivity index (χ3n) is 3.52. The number of carbonyl (C=O) groups excluding carboxylic acids is 1. The van der Waals surface area contributed by atoms with E-state index in [-0.39, 0.29) is 5.91 Å². The molecule has 6 heteroatoms. The van der Waals surface area contributed by atoms with Gasteiger partial charge in [0.25, 0.3) is 5.91 Å². The number of carbonyl (C=O) groups is 1. The van der Waals surface area contributed by atoms with Crippen molar-refractivity contribution in [1.82, 2.24) is 5.32 Å². The van der Waals surface area contributed by atoms with E-state index in [0.717, 1.165) is 11.3 Å². The van der Waals surface area contributed by atoms with Crippen LogP contribution in [0.4, 0.5) is 5.69 Å². The lowest BCUT2D eigenvalue weighted by Gasteiger charge is -2.13. The highest BCUT2D eigenvalue weighted by molar-refractivity contribution is 7.80. The first-order chi connectivity index (χ1) is 12.1. The first kappa shape index (κ1) is 17.2. The monoisotopic (exact) mass is 370 g/mol. The van der Waals surface area contributed by atoms with Gasteiger partial charge in [-0.25, -0.2) is 0 Å². The van der Waals surface area contributed by atoms with Crippen molar-refractivity contribution in [1.29, 1.82) is 0 Å². The van der Waals surface area contributed by atoms with Gasteiger partial charge >= 0.3 is 0 Å². The molecular weight excluding hydrogens is 356 g/mol. The van der Waals surface area contributed by atoms with Crippen molar-refractivity contribution in [2.45, 2.75) is 0 Å². The molecule has 0 radical (unpaired) electrons. The minimum absolute atomic E-state index is 0.209. The number of nitrogens with one attached hydrogen (secondary N) is 1. The molecular formula is C19H15ClN2O2S. The number of benzene rings is 2. The third kappa shape index (κ3) is 3.90. The molecule has 0 spiro atoms. The van der Waals surface area contributed by atoms with Crippen molar-refractivity contribution >= 4 is 46.6 Å². The van der Waals surface area contributed by atoms with Crippen molar-refractivity contribution in [3.63, 3.8) is 0 Å². The van der Waals surface area contributed by atoms with Gasteiger partial charge in [-0.15, -0.1) is 0 Å². The van der Waals surface area contributed by atoms with Gasteiger partial charge in [0, 0.05) is 5.02 Å². The minimum atomic E-state index is -0.209. The van der Waals surface area contributed by atoms with Crippen LogP contribution in [0, 0.1) is 0 Å². The normalized spacial score (nSPS) is 15.4. The molecule has 1 aliphatic heterocycles. The number of ether oxygens (including phenoxy) is 1. The van der Waals surface area contributed by atoms with Gasteiger partial charge in [0.2, 0.25) is 0 Å². The maximum Gasteiger partial charge on any atom is 0.281 e. The molecule has 0 unspecified atom stereocenters. The molecule has 2 aromatic rings. The van der Waals surface area contributed by atoms with E-state index in [1.54, 1.807) is 36.4 Å². The van der Waals surface area contributed by atoms with Crippen LogP contribution in [0.2, 0.25) is 5.02 Å². The Labute approximate surface area is 156 Å². The zero-order valence-electron chi connectivity index (χ0n) is 13.2. The zero-order valence-corrected chi connectivity index (χ0v) is 14.8. The van der Waals surface area contributed by atoms with Crippen molar-refractivity contribution in [2.75, 3.05) is 11.5 Å². The molecule has 3 rings (SSSR count). The van der Waals surface area contributed by atoms with Crippen LogP contribution < -0.4 is 15.0 Å². The van der Waals surface area contributed by atoms with Gasteiger partial charge < -0.3 is 10.1 Å². The summed E-state index contributed by atoms with van der Waals surface area (Å²) in [6.45, 7) is 4.06. The molecule has 1 N–H and O–H groups in total. The summed E-state index contributed by atoms with van der Waals surface area (Å²) in [6.07, 6.45) is 3.44. The lowest BCUT2D eigenvalue weighted by molar-refractivity contribution is -0.113. The minimum Gasteiger partial charge on any atom is -0.490 e. The number of amides is 1. The fourth-order valence-electron chi connectivity index (χ4n) is 2.34. The maximum atomic E-state index is 12.7. The first-order valence-corrected chi connectivity index (χ1v) is 8.33. The quantitative estimate of drug-likeness (QED) is 0.487. The van der Waals surface area contributed by atoms with E-state index in [1.165, 1.54) is 4.90 Å². The summed E-state index contributed by atoms with van der Waals surface area (Å²) in [5, 5.41) is 3.89. The van der Waals surface area contributed by atoms with Crippen molar-refractivity contribution in [3.8, 4) is 5.75 Å². The van der Waals surface area contributed by atoms with E-state index in [2.05, 4.69) is 11.9 Å². The first-order valence-electron chi connectivity index (χ1n) is 7.55. The highest BCUT2D eigenvalue weighted by atomic mass is 35.5. The van der Waals surface area contributed by atoms with Crippen LogP contribution in [0.25, 0.3) is 6.08 Å². The molecule has 2 aromatic carbocycles. The predicted octanol–water partition coefficient (Wildman–Crippen LogP) is 4.17. The highest BCUT2D eigenvalue weighted by Crippen LogP contribution is 2.24. The van der Waals surface area contributed by atoms with Crippen molar-refractivity contribution in [2.24, 2.45) is 0 Å². The van der Waals surface area contributed by atoms with E-state index in [0.29, 0.717) is 28.1 Å². The molecule has 0 atom stereocenters. The van der Waals surface area contributed by atoms with E-state index < -0.39 is 0 Å². The van der Waals surface area contributed by atoms with Crippen LogP contribution in [0.3, 0.4) is 0 Å². The fourth-order valence-corrected chi connectivity index (χ4v) is 2.77. The Morgan fingerprint density at radius 2 is 1.84 bits per heavy atom. The number of hydrogen-bond donors (Lipinski definition) is 1. The van der Waals surface area contributed by atoms with Gasteiger partial charge in [0.05, 0.1) is 5.69 Å². The number of hydrogen-bond acceptors (Lipinski definition) is 3.